The van der Waals surface area contributed by atoms with Crippen LogP contribution in [-0.2, 0) is 4.79 Å². The number of carbonyl (C=O) groups excluding carboxylic acids is 1. The van der Waals surface area contributed by atoms with E-state index < -0.39 is 0 Å². The highest BCUT2D eigenvalue weighted by atomic mass is 16.5. The van der Waals surface area contributed by atoms with Crippen LogP contribution in [0.5, 0.6) is 5.75 Å². The molecule has 0 bridgehead atoms. The topological polar surface area (TPSA) is 68.5 Å². The van der Waals surface area contributed by atoms with Crippen molar-refractivity contribution in [1.29, 1.82) is 0 Å². The lowest BCUT2D eigenvalue weighted by Crippen LogP contribution is -2.38. The minimum atomic E-state index is 0.0194. The molecule has 1 unspecified atom stereocenters. The van der Waals surface area contributed by atoms with Crippen molar-refractivity contribution in [2.24, 2.45) is 5.92 Å². The average molecular weight is 353 g/mol. The maximum absolute atomic E-state index is 12.4. The molecule has 1 saturated heterocycles. The molecular formula is C20H23N3O3. The van der Waals surface area contributed by atoms with Crippen LogP contribution in [0.4, 0.5) is 0 Å². The molecule has 0 radical (unpaired) electrons. The van der Waals surface area contributed by atoms with E-state index in [-0.39, 0.29) is 12.0 Å². The Morgan fingerprint density at radius 3 is 2.77 bits per heavy atom. The predicted octanol–water partition coefficient (Wildman–Crippen LogP) is 3.39. The van der Waals surface area contributed by atoms with Crippen molar-refractivity contribution in [2.75, 3.05) is 13.1 Å². The third-order valence-corrected chi connectivity index (χ3v) is 5.71. The fourth-order valence-corrected chi connectivity index (χ4v) is 3.72. The number of rotatable bonds is 5. The van der Waals surface area contributed by atoms with Crippen molar-refractivity contribution in [2.45, 2.75) is 50.5 Å². The predicted molar refractivity (Wildman–Crippen MR) is 94.7 cm³/mol. The summed E-state index contributed by atoms with van der Waals surface area (Å²) in [4.78, 5) is 18.9. The van der Waals surface area contributed by atoms with Gasteiger partial charge in [-0.3, -0.25) is 4.79 Å². The van der Waals surface area contributed by atoms with Gasteiger partial charge >= 0.3 is 0 Å². The van der Waals surface area contributed by atoms with Gasteiger partial charge in [-0.25, -0.2) is 0 Å². The molecule has 26 heavy (non-hydrogen) atoms. The molecule has 1 amide bonds. The first-order chi connectivity index (χ1) is 12.8. The number of aromatic nitrogens is 2. The zero-order chi connectivity index (χ0) is 17.5. The summed E-state index contributed by atoms with van der Waals surface area (Å²) in [5.74, 6) is 3.08. The zero-order valence-electron chi connectivity index (χ0n) is 14.8. The van der Waals surface area contributed by atoms with Crippen LogP contribution in [0.15, 0.2) is 28.8 Å². The minimum Gasteiger partial charge on any atom is -0.488 e. The smallest absolute Gasteiger partial charge is 0.261 e. The first kappa shape index (κ1) is 15.9. The Labute approximate surface area is 152 Å². The van der Waals surface area contributed by atoms with Gasteiger partial charge in [0.25, 0.3) is 5.89 Å². The maximum Gasteiger partial charge on any atom is 0.261 e. The number of benzene rings is 1. The zero-order valence-corrected chi connectivity index (χ0v) is 14.8. The Kier molecular flexibility index (Phi) is 3.91. The Bertz CT molecular complexity index is 810. The van der Waals surface area contributed by atoms with Crippen molar-refractivity contribution in [3.05, 3.63) is 30.1 Å². The molecule has 0 N–H and O–H groups in total. The van der Waals surface area contributed by atoms with Crippen LogP contribution in [0.25, 0.3) is 11.5 Å². The lowest BCUT2D eigenvalue weighted by Gasteiger charge is -2.29. The van der Waals surface area contributed by atoms with Gasteiger partial charge in [-0.1, -0.05) is 23.7 Å². The van der Waals surface area contributed by atoms with E-state index in [1.807, 2.05) is 29.2 Å². The highest BCUT2D eigenvalue weighted by Gasteiger charge is 2.35. The van der Waals surface area contributed by atoms with Gasteiger partial charge in [-0.15, -0.1) is 0 Å². The van der Waals surface area contributed by atoms with E-state index in [2.05, 4.69) is 10.1 Å². The van der Waals surface area contributed by atoms with Crippen molar-refractivity contribution < 1.29 is 14.1 Å². The minimum absolute atomic E-state index is 0.0194. The molecule has 1 aromatic carbocycles. The second kappa shape index (κ2) is 6.41. The summed E-state index contributed by atoms with van der Waals surface area (Å²) >= 11 is 0. The second-order valence-electron chi connectivity index (χ2n) is 7.67. The summed E-state index contributed by atoms with van der Waals surface area (Å²) in [7, 11) is 0. The van der Waals surface area contributed by atoms with Crippen LogP contribution in [0.3, 0.4) is 0 Å². The van der Waals surface area contributed by atoms with Crippen LogP contribution >= 0.6 is 0 Å². The Balaban J connectivity index is 1.29. The normalized spacial score (nSPS) is 23.1. The number of carbonyl (C=O) groups is 1. The summed E-state index contributed by atoms with van der Waals surface area (Å²) in [6.07, 6.45) is 6.45. The number of hydrogen-bond acceptors (Lipinski definition) is 5. The van der Waals surface area contributed by atoms with Crippen molar-refractivity contribution in [3.8, 4) is 17.2 Å². The number of hydrogen-bond donors (Lipinski definition) is 0. The van der Waals surface area contributed by atoms with E-state index in [0.717, 1.165) is 55.8 Å². The molecule has 1 aromatic heterocycles. The second-order valence-corrected chi connectivity index (χ2v) is 7.67. The molecule has 2 saturated carbocycles. The molecule has 136 valence electrons. The van der Waals surface area contributed by atoms with Crippen LogP contribution < -0.4 is 4.74 Å². The van der Waals surface area contributed by atoms with Gasteiger partial charge in [-0.05, 0) is 37.8 Å². The van der Waals surface area contributed by atoms with E-state index >= 15 is 0 Å². The summed E-state index contributed by atoms with van der Waals surface area (Å²) in [5.41, 5.74) is 0.829. The lowest BCUT2D eigenvalue weighted by molar-refractivity contribution is -0.137. The van der Waals surface area contributed by atoms with Gasteiger partial charge < -0.3 is 14.2 Å². The van der Waals surface area contributed by atoms with Crippen LogP contribution in [0.2, 0.25) is 0 Å². The molecule has 2 aliphatic carbocycles. The fourth-order valence-electron chi connectivity index (χ4n) is 3.72. The van der Waals surface area contributed by atoms with Gasteiger partial charge in [-0.2, -0.15) is 4.98 Å². The van der Waals surface area contributed by atoms with Gasteiger partial charge in [0.15, 0.2) is 5.82 Å². The number of para-hydroxylation sites is 1. The van der Waals surface area contributed by atoms with Crippen molar-refractivity contribution in [3.63, 3.8) is 0 Å². The summed E-state index contributed by atoms with van der Waals surface area (Å²) in [5, 5.41) is 4.10. The summed E-state index contributed by atoms with van der Waals surface area (Å²) in [6, 6.07) is 7.78. The monoisotopic (exact) mass is 353 g/mol. The number of ether oxygens (including phenoxy) is 1. The average Bonchev–Trinajstić information content (AvgIpc) is 3.15. The SMILES string of the molecule is O=C(C1CCC1)N1CCC(Oc2ccccc2-c2nc(C3CC3)no2)C1. The fraction of sp³-hybridized carbons (Fsp3) is 0.550. The molecule has 1 aliphatic heterocycles. The van der Waals surface area contributed by atoms with Gasteiger partial charge in [0.1, 0.15) is 11.9 Å². The molecule has 0 spiro atoms. The number of amides is 1. The van der Waals surface area contributed by atoms with E-state index in [1.165, 1.54) is 6.42 Å². The Hall–Kier alpha value is -2.37. The number of likely N-dealkylation sites (tertiary alicyclic amines) is 1. The largest absolute Gasteiger partial charge is 0.488 e. The quantitative estimate of drug-likeness (QED) is 0.824. The van der Waals surface area contributed by atoms with E-state index in [4.69, 9.17) is 9.26 Å². The molecule has 3 aliphatic rings. The Morgan fingerprint density at radius 1 is 1.15 bits per heavy atom. The molecule has 2 aromatic rings. The molecule has 2 heterocycles. The first-order valence-electron chi connectivity index (χ1n) is 9.66. The highest BCUT2D eigenvalue weighted by molar-refractivity contribution is 5.79. The molecule has 6 nitrogen and oxygen atoms in total. The molecule has 6 heteroatoms. The van der Waals surface area contributed by atoms with Gasteiger partial charge in [0.2, 0.25) is 5.91 Å². The van der Waals surface area contributed by atoms with E-state index in [0.29, 0.717) is 24.3 Å². The van der Waals surface area contributed by atoms with Gasteiger partial charge in [0.05, 0.1) is 12.1 Å². The molecule has 5 rings (SSSR count). The standard InChI is InChI=1S/C20H23N3O3/c24-20(14-4-3-5-14)23-11-10-15(12-23)25-17-7-2-1-6-16(17)19-21-18(22-26-19)13-8-9-13/h1-2,6-7,13-15H,3-5,8-12H2. The van der Waals surface area contributed by atoms with Crippen molar-refractivity contribution >= 4 is 5.91 Å². The number of nitrogens with zero attached hydrogens (tertiary/aromatic N) is 3. The summed E-state index contributed by atoms with van der Waals surface area (Å²) in [6.45, 7) is 1.45. The van der Waals surface area contributed by atoms with Crippen molar-refractivity contribution in [1.82, 2.24) is 15.0 Å². The molecule has 1 atom stereocenters. The Morgan fingerprint density at radius 2 is 2.00 bits per heavy atom. The van der Waals surface area contributed by atoms with Crippen LogP contribution in [-0.4, -0.2) is 40.1 Å². The van der Waals surface area contributed by atoms with E-state index in [9.17, 15) is 4.79 Å². The first-order valence-corrected chi connectivity index (χ1v) is 9.66. The van der Waals surface area contributed by atoms with Crippen LogP contribution in [0, 0.1) is 5.92 Å². The van der Waals surface area contributed by atoms with Crippen LogP contribution in [0.1, 0.15) is 50.3 Å². The third-order valence-electron chi connectivity index (χ3n) is 5.71. The van der Waals surface area contributed by atoms with Gasteiger partial charge in [0, 0.05) is 24.8 Å². The summed E-state index contributed by atoms with van der Waals surface area (Å²) < 4.78 is 11.7. The third kappa shape index (κ3) is 2.97. The maximum atomic E-state index is 12.4. The molecule has 3 fully saturated rings. The van der Waals surface area contributed by atoms with E-state index in [1.54, 1.807) is 0 Å². The lowest BCUT2D eigenvalue weighted by atomic mass is 9.84. The molecular weight excluding hydrogens is 330 g/mol. The highest BCUT2D eigenvalue weighted by Crippen LogP contribution is 2.40.